The SMILES string of the molecule is COC(=O)N[C@H]1CCCCOCc2[nH]c(nc2-c2ccc(-c3ccc(-c4cnc([C@@H]5CCCN5C(=O)c5cccnc5)[nH]4)cc3)cc2)[C@@H]2CCCN2C1=O. The van der Waals surface area contributed by atoms with Crippen molar-refractivity contribution in [2.24, 2.45) is 0 Å². The average Bonchev–Trinajstić information content (AvgIpc) is 4.05. The molecule has 2 bridgehead atoms. The Morgan fingerprint density at radius 1 is 0.833 bits per heavy atom. The van der Waals surface area contributed by atoms with E-state index in [1.54, 1.807) is 24.5 Å². The molecule has 2 aromatic carbocycles. The van der Waals surface area contributed by atoms with E-state index in [-0.39, 0.29) is 23.9 Å². The van der Waals surface area contributed by atoms with Gasteiger partial charge in [0.05, 0.1) is 54.6 Å². The van der Waals surface area contributed by atoms with Crippen LogP contribution in [0.15, 0.2) is 79.3 Å². The number of alkyl carbamates (subject to hydrolysis) is 1. The molecule has 3 aliphatic rings. The molecule has 13 nitrogen and oxygen atoms in total. The van der Waals surface area contributed by atoms with Crippen molar-refractivity contribution in [2.75, 3.05) is 26.8 Å². The van der Waals surface area contributed by atoms with Crippen LogP contribution >= 0.6 is 0 Å². The van der Waals surface area contributed by atoms with Crippen molar-refractivity contribution in [3.63, 3.8) is 0 Å². The molecule has 0 radical (unpaired) electrons. The number of pyridine rings is 1. The van der Waals surface area contributed by atoms with E-state index in [1.165, 1.54) is 7.11 Å². The van der Waals surface area contributed by atoms with Gasteiger partial charge in [-0.05, 0) is 73.8 Å². The molecule has 0 saturated carbocycles. The summed E-state index contributed by atoms with van der Waals surface area (Å²) in [5, 5.41) is 2.75. The monoisotopic (exact) mass is 728 g/mol. The van der Waals surface area contributed by atoms with Crippen LogP contribution in [-0.2, 0) is 20.9 Å². The van der Waals surface area contributed by atoms with Crippen molar-refractivity contribution in [2.45, 2.75) is 69.7 Å². The molecule has 8 rings (SSSR count). The zero-order chi connectivity index (χ0) is 37.0. The third-order valence-corrected chi connectivity index (χ3v) is 10.7. The molecule has 54 heavy (non-hydrogen) atoms. The van der Waals surface area contributed by atoms with Gasteiger partial charge in [-0.15, -0.1) is 0 Å². The molecule has 5 aromatic rings. The Morgan fingerprint density at radius 2 is 1.57 bits per heavy atom. The van der Waals surface area contributed by atoms with Gasteiger partial charge in [0, 0.05) is 37.7 Å². The minimum absolute atomic E-state index is 0.0245. The first-order chi connectivity index (χ1) is 26.5. The zero-order valence-corrected chi connectivity index (χ0v) is 30.3. The van der Waals surface area contributed by atoms with Gasteiger partial charge in [-0.25, -0.2) is 14.8 Å². The summed E-state index contributed by atoms with van der Waals surface area (Å²) in [7, 11) is 1.31. The summed E-state index contributed by atoms with van der Waals surface area (Å²) in [4.78, 5) is 63.6. The number of aromatic amines is 2. The highest BCUT2D eigenvalue weighted by Crippen LogP contribution is 2.36. The normalized spacial score (nSPS) is 20.5. The summed E-state index contributed by atoms with van der Waals surface area (Å²) in [6.07, 6.45) is 9.95. The molecule has 13 heteroatoms. The van der Waals surface area contributed by atoms with Crippen LogP contribution in [0.25, 0.3) is 33.6 Å². The number of fused-ring (bicyclic) bond motifs is 4. The number of hydrogen-bond donors (Lipinski definition) is 3. The number of imidazole rings is 2. The lowest BCUT2D eigenvalue weighted by Crippen LogP contribution is -2.48. The molecular weight excluding hydrogens is 685 g/mol. The molecule has 2 saturated heterocycles. The first-order valence-electron chi connectivity index (χ1n) is 18.8. The number of likely N-dealkylation sites (tertiary alicyclic amines) is 1. The highest BCUT2D eigenvalue weighted by Gasteiger charge is 2.37. The molecule has 3 atom stereocenters. The van der Waals surface area contributed by atoms with E-state index in [4.69, 9.17) is 19.4 Å². The summed E-state index contributed by atoms with van der Waals surface area (Å²) >= 11 is 0. The highest BCUT2D eigenvalue weighted by atomic mass is 16.5. The maximum Gasteiger partial charge on any atom is 0.407 e. The van der Waals surface area contributed by atoms with Crippen molar-refractivity contribution < 1.29 is 23.9 Å². The zero-order valence-electron chi connectivity index (χ0n) is 30.3. The lowest BCUT2D eigenvalue weighted by atomic mass is 10.0. The van der Waals surface area contributed by atoms with Gasteiger partial charge in [-0.3, -0.25) is 14.6 Å². The Labute approximate surface area is 313 Å². The number of hydrogen-bond acceptors (Lipinski definition) is 8. The predicted molar refractivity (Wildman–Crippen MR) is 201 cm³/mol. The molecule has 0 aliphatic carbocycles. The fourth-order valence-corrected chi connectivity index (χ4v) is 7.90. The molecule has 3 N–H and O–H groups in total. The fourth-order valence-electron chi connectivity index (χ4n) is 7.90. The molecule has 6 heterocycles. The van der Waals surface area contributed by atoms with Crippen LogP contribution in [0, 0.1) is 0 Å². The quantitative estimate of drug-likeness (QED) is 0.177. The number of carbonyl (C=O) groups is 3. The summed E-state index contributed by atoms with van der Waals surface area (Å²) in [6, 6.07) is 19.3. The van der Waals surface area contributed by atoms with Gasteiger partial charge >= 0.3 is 6.09 Å². The van der Waals surface area contributed by atoms with Crippen LogP contribution in [0.4, 0.5) is 4.79 Å². The van der Waals surface area contributed by atoms with Crippen LogP contribution in [-0.4, -0.2) is 85.5 Å². The second-order valence-corrected chi connectivity index (χ2v) is 14.1. The molecule has 0 spiro atoms. The van der Waals surface area contributed by atoms with Gasteiger partial charge in [0.25, 0.3) is 5.91 Å². The number of H-pyrrole nitrogens is 2. The standard InChI is InChI=1S/C41H44N8O5/c1-53-41(52)46-31-8-2-3-22-54-25-33-36(47-38(45-33)35-10-6-21-49(35)40(31)51)29-17-13-27(14-18-29)26-11-15-28(16-12-26)32-24-43-37(44-32)34-9-5-20-48(34)39(50)30-7-4-19-42-23-30/h4,7,11-19,23-24,31,34-35H,2-3,5-6,8-10,20-22,25H2,1H3,(H,43,44)(H,45,47)(H,46,52)/t31-,34-,35-/m0/s1. The number of ether oxygens (including phenoxy) is 2. The van der Waals surface area contributed by atoms with Gasteiger partial charge in [0.15, 0.2) is 0 Å². The number of nitrogens with zero attached hydrogens (tertiary/aromatic N) is 5. The van der Waals surface area contributed by atoms with Crippen molar-refractivity contribution in [1.29, 1.82) is 0 Å². The predicted octanol–water partition coefficient (Wildman–Crippen LogP) is 6.59. The molecule has 3 aliphatic heterocycles. The van der Waals surface area contributed by atoms with Crippen LogP contribution in [0.1, 0.15) is 84.7 Å². The molecule has 3 aromatic heterocycles. The summed E-state index contributed by atoms with van der Waals surface area (Å²) in [5.41, 5.74) is 7.29. The molecular formula is C41H44N8O5. The van der Waals surface area contributed by atoms with Crippen LogP contribution in [0.3, 0.4) is 0 Å². The maximum absolute atomic E-state index is 13.7. The van der Waals surface area contributed by atoms with Crippen molar-refractivity contribution in [3.05, 3.63) is 102 Å². The first kappa shape index (κ1) is 35.2. The summed E-state index contributed by atoms with van der Waals surface area (Å²) < 4.78 is 10.9. The third kappa shape index (κ3) is 7.23. The molecule has 0 unspecified atom stereocenters. The van der Waals surface area contributed by atoms with E-state index in [0.29, 0.717) is 38.3 Å². The Morgan fingerprint density at radius 3 is 2.33 bits per heavy atom. The Bertz CT molecular complexity index is 2100. The smallest absolute Gasteiger partial charge is 0.407 e. The van der Waals surface area contributed by atoms with Crippen LogP contribution in [0.5, 0.6) is 0 Å². The van der Waals surface area contributed by atoms with E-state index < -0.39 is 12.1 Å². The second kappa shape index (κ2) is 15.7. The fraction of sp³-hybridized carbons (Fsp3) is 0.366. The topological polar surface area (TPSA) is 158 Å². The Balaban J connectivity index is 0.981. The van der Waals surface area contributed by atoms with Crippen LogP contribution < -0.4 is 5.32 Å². The van der Waals surface area contributed by atoms with Gasteiger partial charge in [0.2, 0.25) is 5.91 Å². The average molecular weight is 729 g/mol. The number of methoxy groups -OCH3 is 1. The highest BCUT2D eigenvalue weighted by molar-refractivity contribution is 5.94. The Hall–Kier alpha value is -5.82. The number of carbonyl (C=O) groups excluding carboxylic acids is 3. The maximum atomic E-state index is 13.7. The summed E-state index contributed by atoms with van der Waals surface area (Å²) in [5.74, 6) is 1.39. The largest absolute Gasteiger partial charge is 0.453 e. The van der Waals surface area contributed by atoms with Crippen molar-refractivity contribution >= 4 is 17.9 Å². The van der Waals surface area contributed by atoms with E-state index >= 15 is 0 Å². The van der Waals surface area contributed by atoms with Crippen molar-refractivity contribution in [3.8, 4) is 33.6 Å². The number of benzene rings is 2. The van der Waals surface area contributed by atoms with Gasteiger partial charge in [-0.1, -0.05) is 48.5 Å². The van der Waals surface area contributed by atoms with Crippen LogP contribution in [0.2, 0.25) is 0 Å². The number of nitrogens with one attached hydrogen (secondary N) is 3. The van der Waals surface area contributed by atoms with E-state index in [0.717, 1.165) is 89.5 Å². The Kier molecular flexibility index (Phi) is 10.2. The number of amides is 3. The van der Waals surface area contributed by atoms with Gasteiger partial charge in [-0.2, -0.15) is 0 Å². The number of rotatable bonds is 6. The van der Waals surface area contributed by atoms with E-state index in [1.807, 2.05) is 16.0 Å². The lowest BCUT2D eigenvalue weighted by Gasteiger charge is -2.28. The van der Waals surface area contributed by atoms with E-state index in [2.05, 4.69) is 68.8 Å². The minimum Gasteiger partial charge on any atom is -0.453 e. The van der Waals surface area contributed by atoms with E-state index in [9.17, 15) is 14.4 Å². The molecule has 3 amide bonds. The summed E-state index contributed by atoms with van der Waals surface area (Å²) in [6.45, 7) is 2.20. The minimum atomic E-state index is -0.663. The second-order valence-electron chi connectivity index (χ2n) is 14.1. The lowest BCUT2D eigenvalue weighted by molar-refractivity contribution is -0.134. The third-order valence-electron chi connectivity index (χ3n) is 10.7. The van der Waals surface area contributed by atoms with Crippen molar-refractivity contribution in [1.82, 2.24) is 40.0 Å². The van der Waals surface area contributed by atoms with Gasteiger partial charge in [0.1, 0.15) is 17.7 Å². The molecule has 2 fully saturated rings. The van der Waals surface area contributed by atoms with Gasteiger partial charge < -0.3 is 34.6 Å². The number of aromatic nitrogens is 5. The first-order valence-corrected chi connectivity index (χ1v) is 18.8. The molecule has 278 valence electrons.